The third-order valence-corrected chi connectivity index (χ3v) is 7.04. The quantitative estimate of drug-likeness (QED) is 0.299. The molecule has 0 unspecified atom stereocenters. The molecule has 0 spiro atoms. The van der Waals surface area contributed by atoms with Crippen LogP contribution >= 0.6 is 0 Å². The van der Waals surface area contributed by atoms with Gasteiger partial charge in [0, 0.05) is 75.8 Å². The van der Waals surface area contributed by atoms with Crippen LogP contribution in [0.15, 0.2) is 73.4 Å². The maximum Gasteiger partial charge on any atom is 0.319 e. The minimum absolute atomic E-state index is 0.0442. The lowest BCUT2D eigenvalue weighted by atomic mass is 10.1. The number of nitrogens with zero attached hydrogens (tertiary/aromatic N) is 6. The summed E-state index contributed by atoms with van der Waals surface area (Å²) in [4.78, 5) is 29.0. The number of nitrogens with one attached hydrogen (secondary N) is 1. The lowest BCUT2D eigenvalue weighted by Gasteiger charge is -2.33. The van der Waals surface area contributed by atoms with Gasteiger partial charge < -0.3 is 29.0 Å². The molecule has 4 heterocycles. The van der Waals surface area contributed by atoms with Gasteiger partial charge in [0.15, 0.2) is 0 Å². The van der Waals surface area contributed by atoms with E-state index in [1.165, 1.54) is 0 Å². The zero-order chi connectivity index (χ0) is 27.6. The van der Waals surface area contributed by atoms with Crippen molar-refractivity contribution in [3.8, 4) is 17.2 Å². The largest absolute Gasteiger partial charge is 0.490 e. The molecule has 1 saturated heterocycles. The number of pyridine rings is 1. The van der Waals surface area contributed by atoms with Gasteiger partial charge in [-0.15, -0.1) is 0 Å². The second kappa shape index (κ2) is 10.7. The summed E-state index contributed by atoms with van der Waals surface area (Å²) in [6, 6.07) is 15.7. The summed E-state index contributed by atoms with van der Waals surface area (Å²) in [5.74, 6) is 2.95. The predicted octanol–water partition coefficient (Wildman–Crippen LogP) is 5.65. The van der Waals surface area contributed by atoms with Crippen molar-refractivity contribution >= 4 is 34.1 Å². The summed E-state index contributed by atoms with van der Waals surface area (Å²) in [6.07, 6.45) is 8.77. The molecular weight excluding hydrogens is 506 g/mol. The van der Waals surface area contributed by atoms with Crippen molar-refractivity contribution in [3.63, 3.8) is 0 Å². The molecule has 40 heavy (non-hydrogen) atoms. The highest BCUT2D eigenvalue weighted by Crippen LogP contribution is 2.32. The topological polar surface area (TPSA) is 97.1 Å². The Morgan fingerprint density at radius 2 is 1.82 bits per heavy atom. The maximum atomic E-state index is 12.2. The highest BCUT2D eigenvalue weighted by atomic mass is 16.5. The van der Waals surface area contributed by atoms with Crippen molar-refractivity contribution in [3.05, 3.63) is 79.0 Å². The van der Waals surface area contributed by atoms with Crippen molar-refractivity contribution in [2.24, 2.45) is 0 Å². The number of anilines is 2. The number of imidazole rings is 1. The summed E-state index contributed by atoms with van der Waals surface area (Å²) in [5, 5.41) is 4.30. The Balaban J connectivity index is 1.15. The monoisotopic (exact) mass is 537 g/mol. The van der Waals surface area contributed by atoms with Crippen LogP contribution in [-0.4, -0.2) is 68.5 Å². The van der Waals surface area contributed by atoms with Crippen molar-refractivity contribution in [2.45, 2.75) is 25.9 Å². The number of amides is 2. The molecular formula is C30H31N7O3. The summed E-state index contributed by atoms with van der Waals surface area (Å²) >= 11 is 0. The van der Waals surface area contributed by atoms with E-state index in [1.807, 2.05) is 77.1 Å². The first kappa shape index (κ1) is 25.4. The van der Waals surface area contributed by atoms with Gasteiger partial charge in [0.25, 0.3) is 0 Å². The number of ether oxygens (including phenoxy) is 2. The van der Waals surface area contributed by atoms with Gasteiger partial charge in [0.05, 0.1) is 5.52 Å². The molecule has 0 bridgehead atoms. The lowest BCUT2D eigenvalue weighted by Crippen LogP contribution is -2.46. The average Bonchev–Trinajstić information content (AvgIpc) is 3.43. The van der Waals surface area contributed by atoms with Crippen molar-refractivity contribution in [1.82, 2.24) is 29.2 Å². The minimum atomic E-state index is 0.0442. The van der Waals surface area contributed by atoms with E-state index in [0.29, 0.717) is 18.9 Å². The van der Waals surface area contributed by atoms with Crippen molar-refractivity contribution in [2.75, 3.05) is 32.5 Å². The first-order valence-corrected chi connectivity index (χ1v) is 13.3. The average molecular weight is 538 g/mol. The van der Waals surface area contributed by atoms with Gasteiger partial charge in [-0.1, -0.05) is 0 Å². The van der Waals surface area contributed by atoms with Crippen LogP contribution in [0.25, 0.3) is 16.6 Å². The minimum Gasteiger partial charge on any atom is -0.490 e. The van der Waals surface area contributed by atoms with Gasteiger partial charge in [0.1, 0.15) is 41.1 Å². The molecule has 0 aliphatic carbocycles. The van der Waals surface area contributed by atoms with Crippen LogP contribution in [0.5, 0.6) is 17.2 Å². The van der Waals surface area contributed by atoms with Crippen LogP contribution in [0, 0.1) is 6.92 Å². The number of fused-ring (bicyclic) bond motifs is 2. The van der Waals surface area contributed by atoms with Gasteiger partial charge in [-0.05, 0) is 55.0 Å². The summed E-state index contributed by atoms with van der Waals surface area (Å²) in [7, 11) is 3.56. The van der Waals surface area contributed by atoms with Crippen LogP contribution in [0.2, 0.25) is 0 Å². The smallest absolute Gasteiger partial charge is 0.319 e. The number of piperidine rings is 1. The predicted molar refractivity (Wildman–Crippen MR) is 154 cm³/mol. The molecule has 0 saturated carbocycles. The second-order valence-electron chi connectivity index (χ2n) is 10.1. The second-order valence-corrected chi connectivity index (χ2v) is 10.1. The van der Waals surface area contributed by atoms with Crippen LogP contribution in [0.1, 0.15) is 18.4 Å². The summed E-state index contributed by atoms with van der Waals surface area (Å²) < 4.78 is 14.4. The zero-order valence-electron chi connectivity index (χ0n) is 22.7. The van der Waals surface area contributed by atoms with Gasteiger partial charge in [-0.3, -0.25) is 0 Å². The van der Waals surface area contributed by atoms with Crippen molar-refractivity contribution < 1.29 is 14.3 Å². The van der Waals surface area contributed by atoms with E-state index in [4.69, 9.17) is 9.47 Å². The SMILES string of the molecule is Cc1cc(Nc2ncnc3ccc(OC4CCN(C(=O)N(C)C)CC4)cc23)ccc1Oc1ccn2ccnc2c1. The Morgan fingerprint density at radius 1 is 0.975 bits per heavy atom. The van der Waals surface area contributed by atoms with E-state index >= 15 is 0 Å². The molecule has 0 atom stereocenters. The molecule has 2 amide bonds. The molecule has 2 aromatic carbocycles. The normalized spacial score (nSPS) is 13.9. The number of urea groups is 1. The van der Waals surface area contributed by atoms with Gasteiger partial charge in [0.2, 0.25) is 0 Å². The number of likely N-dealkylation sites (tertiary alicyclic amines) is 1. The number of carbonyl (C=O) groups is 1. The molecule has 1 aliphatic heterocycles. The highest BCUT2D eigenvalue weighted by Gasteiger charge is 2.25. The number of carbonyl (C=O) groups excluding carboxylic acids is 1. The van der Waals surface area contributed by atoms with Gasteiger partial charge in [-0.25, -0.2) is 19.7 Å². The molecule has 10 heteroatoms. The van der Waals surface area contributed by atoms with E-state index in [9.17, 15) is 4.79 Å². The third-order valence-electron chi connectivity index (χ3n) is 7.04. The Kier molecular flexibility index (Phi) is 6.81. The van der Waals surface area contributed by atoms with Crippen molar-refractivity contribution in [1.29, 1.82) is 0 Å². The Morgan fingerprint density at radius 3 is 2.62 bits per heavy atom. The molecule has 0 radical (unpaired) electrons. The first-order valence-electron chi connectivity index (χ1n) is 13.3. The number of rotatable bonds is 6. The molecule has 5 aromatic rings. The highest BCUT2D eigenvalue weighted by molar-refractivity contribution is 5.91. The Labute approximate surface area is 232 Å². The fourth-order valence-corrected chi connectivity index (χ4v) is 4.91. The fourth-order valence-electron chi connectivity index (χ4n) is 4.91. The van der Waals surface area contributed by atoms with Gasteiger partial charge in [-0.2, -0.15) is 0 Å². The number of hydrogen-bond acceptors (Lipinski definition) is 7. The molecule has 3 aromatic heterocycles. The first-order chi connectivity index (χ1) is 19.4. The molecule has 10 nitrogen and oxygen atoms in total. The molecule has 6 rings (SSSR count). The Hall–Kier alpha value is -4.86. The van der Waals surface area contributed by atoms with E-state index < -0.39 is 0 Å². The number of benzene rings is 2. The lowest BCUT2D eigenvalue weighted by molar-refractivity contribution is 0.101. The number of aromatic nitrogens is 4. The molecule has 1 aliphatic rings. The molecule has 204 valence electrons. The van der Waals surface area contributed by atoms with E-state index in [0.717, 1.165) is 57.9 Å². The van der Waals surface area contributed by atoms with Crippen LogP contribution in [-0.2, 0) is 0 Å². The number of aryl methyl sites for hydroxylation is 1. The number of hydrogen-bond donors (Lipinski definition) is 1. The van der Waals surface area contributed by atoms with E-state index in [1.54, 1.807) is 31.5 Å². The van der Waals surface area contributed by atoms with Gasteiger partial charge >= 0.3 is 6.03 Å². The molecule has 1 N–H and O–H groups in total. The third kappa shape index (κ3) is 5.33. The van der Waals surface area contributed by atoms with E-state index in [2.05, 4.69) is 20.3 Å². The molecule has 1 fully saturated rings. The summed E-state index contributed by atoms with van der Waals surface area (Å²) in [5.41, 5.74) is 3.52. The fraction of sp³-hybridized carbons (Fsp3) is 0.267. The van der Waals surface area contributed by atoms with E-state index in [-0.39, 0.29) is 12.1 Å². The standard InChI is InChI=1S/C30H31N7O3/c1-20-16-21(4-7-27(20)40-24-10-12-36-15-11-31-28(36)18-24)34-29-25-17-23(5-6-26(25)32-19-33-29)39-22-8-13-37(14-9-22)30(38)35(2)3/h4-7,10-12,15-19,22H,8-9,13-14H2,1-3H3,(H,32,33,34). The van der Waals surface area contributed by atoms with Crippen LogP contribution in [0.3, 0.4) is 0 Å². The van der Waals surface area contributed by atoms with Crippen LogP contribution < -0.4 is 14.8 Å². The van der Waals surface area contributed by atoms with Crippen LogP contribution in [0.4, 0.5) is 16.3 Å². The maximum absolute atomic E-state index is 12.2. The zero-order valence-corrected chi connectivity index (χ0v) is 22.7. The Bertz CT molecular complexity index is 1680. The summed E-state index contributed by atoms with van der Waals surface area (Å²) in [6.45, 7) is 3.38.